The summed E-state index contributed by atoms with van der Waals surface area (Å²) in [5, 5.41) is 8.88. The van der Waals surface area contributed by atoms with E-state index in [-0.39, 0.29) is 0 Å². The minimum atomic E-state index is 0.494. The van der Waals surface area contributed by atoms with Crippen molar-refractivity contribution in [2.24, 2.45) is 0 Å². The van der Waals surface area contributed by atoms with E-state index in [1.54, 1.807) is 19.2 Å². The molecule has 21 heavy (non-hydrogen) atoms. The van der Waals surface area contributed by atoms with Crippen molar-refractivity contribution in [2.75, 3.05) is 19.5 Å². The van der Waals surface area contributed by atoms with Crippen molar-refractivity contribution in [3.05, 3.63) is 51.1 Å². The molecule has 0 aliphatic rings. The zero-order valence-electron chi connectivity index (χ0n) is 11.6. The monoisotopic (exact) mass is 394 g/mol. The van der Waals surface area contributed by atoms with Crippen LogP contribution >= 0.6 is 22.6 Å². The molecule has 2 N–H and O–H groups in total. The first-order valence-electron chi connectivity index (χ1n) is 6.39. The van der Waals surface area contributed by atoms with E-state index in [2.05, 4.69) is 28.7 Å². The van der Waals surface area contributed by atoms with E-state index < -0.39 is 0 Å². The number of nitrogens with zero attached hydrogens (tertiary/aromatic N) is 1. The van der Waals surface area contributed by atoms with E-state index in [1.807, 2.05) is 24.3 Å². The third-order valence-electron chi connectivity index (χ3n) is 3.00. The summed E-state index contributed by atoms with van der Waals surface area (Å²) in [6.07, 6.45) is 0.777. The molecule has 0 unspecified atom stereocenters. The summed E-state index contributed by atoms with van der Waals surface area (Å²) >= 11 is 2.13. The van der Waals surface area contributed by atoms with E-state index in [4.69, 9.17) is 20.5 Å². The summed E-state index contributed by atoms with van der Waals surface area (Å²) in [5.74, 6) is 1.48. The number of rotatable bonds is 5. The average Bonchev–Trinajstić information content (AvgIpc) is 2.50. The molecule has 0 heterocycles. The molecule has 5 heteroatoms. The van der Waals surface area contributed by atoms with Crippen LogP contribution in [0.2, 0.25) is 0 Å². The molecule has 0 radical (unpaired) electrons. The number of nitriles is 1. The van der Waals surface area contributed by atoms with Gasteiger partial charge in [-0.15, -0.1) is 0 Å². The molecule has 0 saturated carbocycles. The fraction of sp³-hybridized carbons (Fsp3) is 0.188. The van der Waals surface area contributed by atoms with Gasteiger partial charge in [0.05, 0.1) is 34.6 Å². The first-order chi connectivity index (χ1) is 10.1. The van der Waals surface area contributed by atoms with Gasteiger partial charge in [-0.05, 0) is 52.4 Å². The third kappa shape index (κ3) is 4.02. The Labute approximate surface area is 137 Å². The highest BCUT2D eigenvalue weighted by Crippen LogP contribution is 2.29. The lowest BCUT2D eigenvalue weighted by Gasteiger charge is -2.11. The maximum atomic E-state index is 8.88. The molecule has 0 saturated heterocycles. The summed E-state index contributed by atoms with van der Waals surface area (Å²) in [6.45, 7) is 0.526. The van der Waals surface area contributed by atoms with Gasteiger partial charge in [0.15, 0.2) is 5.75 Å². The second-order valence-electron chi connectivity index (χ2n) is 4.43. The van der Waals surface area contributed by atoms with Crippen LogP contribution in [0.3, 0.4) is 0 Å². The number of anilines is 1. The van der Waals surface area contributed by atoms with Crippen LogP contribution in [0, 0.1) is 14.9 Å². The van der Waals surface area contributed by atoms with Gasteiger partial charge >= 0.3 is 0 Å². The Hall–Kier alpha value is -1.94. The Bertz CT molecular complexity index is 640. The van der Waals surface area contributed by atoms with Crippen LogP contribution in [0.1, 0.15) is 11.1 Å². The van der Waals surface area contributed by atoms with E-state index in [9.17, 15) is 0 Å². The van der Waals surface area contributed by atoms with Gasteiger partial charge < -0.3 is 15.2 Å². The van der Waals surface area contributed by atoms with Crippen molar-refractivity contribution >= 4 is 28.3 Å². The van der Waals surface area contributed by atoms with Gasteiger partial charge in [0.2, 0.25) is 0 Å². The van der Waals surface area contributed by atoms with Gasteiger partial charge in [-0.25, -0.2) is 0 Å². The topological polar surface area (TPSA) is 68.3 Å². The summed E-state index contributed by atoms with van der Waals surface area (Å²) in [7, 11) is 1.65. The van der Waals surface area contributed by atoms with Crippen molar-refractivity contribution in [3.63, 3.8) is 0 Å². The fourth-order valence-electron chi connectivity index (χ4n) is 1.89. The predicted molar refractivity (Wildman–Crippen MR) is 90.5 cm³/mol. The predicted octanol–water partition coefficient (Wildman–Crippen LogP) is 3.38. The SMILES string of the molecule is COc1ccc(CCOc2c(N)cc(C#N)cc2I)cc1. The molecule has 0 amide bonds. The molecule has 2 rings (SSSR count). The summed E-state index contributed by atoms with van der Waals surface area (Å²) in [6, 6.07) is 13.3. The van der Waals surface area contributed by atoms with Crippen LogP contribution in [-0.2, 0) is 6.42 Å². The van der Waals surface area contributed by atoms with Gasteiger partial charge in [-0.3, -0.25) is 0 Å². The lowest BCUT2D eigenvalue weighted by Crippen LogP contribution is -2.05. The van der Waals surface area contributed by atoms with Crippen LogP contribution in [0.25, 0.3) is 0 Å². The van der Waals surface area contributed by atoms with Gasteiger partial charge in [-0.2, -0.15) is 5.26 Å². The van der Waals surface area contributed by atoms with E-state index >= 15 is 0 Å². The van der Waals surface area contributed by atoms with Crippen molar-refractivity contribution in [3.8, 4) is 17.6 Å². The van der Waals surface area contributed by atoms with Crippen LogP contribution in [0.5, 0.6) is 11.5 Å². The lowest BCUT2D eigenvalue weighted by atomic mass is 10.1. The Morgan fingerprint density at radius 2 is 1.95 bits per heavy atom. The average molecular weight is 394 g/mol. The van der Waals surface area contributed by atoms with E-state index in [0.717, 1.165) is 21.3 Å². The van der Waals surface area contributed by atoms with Crippen molar-refractivity contribution in [1.82, 2.24) is 0 Å². The molecule has 0 fully saturated rings. The van der Waals surface area contributed by atoms with Crippen LogP contribution < -0.4 is 15.2 Å². The normalized spacial score (nSPS) is 9.95. The number of hydrogen-bond donors (Lipinski definition) is 1. The number of hydrogen-bond acceptors (Lipinski definition) is 4. The number of ether oxygens (including phenoxy) is 2. The highest BCUT2D eigenvalue weighted by Gasteiger charge is 2.08. The van der Waals surface area contributed by atoms with Gasteiger partial charge in [0.25, 0.3) is 0 Å². The van der Waals surface area contributed by atoms with Crippen molar-refractivity contribution < 1.29 is 9.47 Å². The highest BCUT2D eigenvalue weighted by molar-refractivity contribution is 14.1. The number of methoxy groups -OCH3 is 1. The van der Waals surface area contributed by atoms with Crippen molar-refractivity contribution in [1.29, 1.82) is 5.26 Å². The number of nitrogens with two attached hydrogens (primary N) is 1. The molecule has 2 aromatic rings. The number of halogens is 1. The zero-order valence-corrected chi connectivity index (χ0v) is 13.8. The molecule has 0 aromatic heterocycles. The molecule has 0 bridgehead atoms. The minimum Gasteiger partial charge on any atom is -0.497 e. The van der Waals surface area contributed by atoms with Gasteiger partial charge in [0, 0.05) is 6.42 Å². The van der Waals surface area contributed by atoms with Crippen molar-refractivity contribution in [2.45, 2.75) is 6.42 Å². The van der Waals surface area contributed by atoms with Gasteiger partial charge in [0.1, 0.15) is 5.75 Å². The molecular weight excluding hydrogens is 379 g/mol. The largest absolute Gasteiger partial charge is 0.497 e. The molecule has 0 aliphatic heterocycles. The minimum absolute atomic E-state index is 0.494. The second-order valence-corrected chi connectivity index (χ2v) is 5.60. The molecular formula is C16H15IN2O2. The first-order valence-corrected chi connectivity index (χ1v) is 7.46. The van der Waals surface area contributed by atoms with E-state index in [0.29, 0.717) is 23.6 Å². The number of nitrogen functional groups attached to an aromatic ring is 1. The molecule has 4 nitrogen and oxygen atoms in total. The quantitative estimate of drug-likeness (QED) is 0.624. The standard InChI is InChI=1S/C16H15IN2O2/c1-20-13-4-2-11(3-5-13)6-7-21-16-14(17)8-12(10-18)9-15(16)19/h2-5,8-9H,6-7,19H2,1H3. The van der Waals surface area contributed by atoms with Crippen LogP contribution in [-0.4, -0.2) is 13.7 Å². The van der Waals surface area contributed by atoms with E-state index in [1.165, 1.54) is 0 Å². The summed E-state index contributed by atoms with van der Waals surface area (Å²) in [4.78, 5) is 0. The first kappa shape index (κ1) is 15.4. The highest BCUT2D eigenvalue weighted by atomic mass is 127. The second kappa shape index (κ2) is 7.18. The lowest BCUT2D eigenvalue weighted by molar-refractivity contribution is 0.321. The molecule has 2 aromatic carbocycles. The maximum Gasteiger partial charge on any atom is 0.155 e. The summed E-state index contributed by atoms with van der Waals surface area (Å²) < 4.78 is 11.7. The molecule has 0 spiro atoms. The Morgan fingerprint density at radius 3 is 2.52 bits per heavy atom. The fourth-order valence-corrected chi connectivity index (χ4v) is 2.70. The molecule has 0 aliphatic carbocycles. The molecule has 108 valence electrons. The smallest absolute Gasteiger partial charge is 0.155 e. The Balaban J connectivity index is 1.98. The number of benzene rings is 2. The maximum absolute atomic E-state index is 8.88. The Kier molecular flexibility index (Phi) is 5.28. The van der Waals surface area contributed by atoms with Crippen LogP contribution in [0.4, 0.5) is 5.69 Å². The zero-order chi connectivity index (χ0) is 15.2. The van der Waals surface area contributed by atoms with Gasteiger partial charge in [-0.1, -0.05) is 12.1 Å². The third-order valence-corrected chi connectivity index (χ3v) is 3.80. The summed E-state index contributed by atoms with van der Waals surface area (Å²) in [5.41, 5.74) is 8.12. The molecule has 0 atom stereocenters. The Morgan fingerprint density at radius 1 is 1.24 bits per heavy atom. The van der Waals surface area contributed by atoms with Crippen LogP contribution in [0.15, 0.2) is 36.4 Å².